The Morgan fingerprint density at radius 2 is 2.44 bits per heavy atom. The zero-order valence-corrected chi connectivity index (χ0v) is 5.55. The zero-order chi connectivity index (χ0) is 7.28. The Balaban J connectivity index is 3.78. The van der Waals surface area contributed by atoms with Crippen LogP contribution in [0.5, 0.6) is 0 Å². The molecule has 5 nitrogen and oxygen atoms in total. The van der Waals surface area contributed by atoms with Crippen molar-refractivity contribution in [2.45, 2.75) is 0 Å². The maximum absolute atomic E-state index is 10.4. The van der Waals surface area contributed by atoms with Crippen LogP contribution in [-0.2, 0) is 0 Å². The van der Waals surface area contributed by atoms with E-state index in [9.17, 15) is 9.70 Å². The first-order valence-corrected chi connectivity index (χ1v) is 2.68. The molecule has 0 radical (unpaired) electrons. The van der Waals surface area contributed by atoms with E-state index in [0.29, 0.717) is 5.01 Å². The lowest BCUT2D eigenvalue weighted by molar-refractivity contribution is 0.209. The number of hydrogen-bond acceptors (Lipinski definition) is 3. The van der Waals surface area contributed by atoms with E-state index in [4.69, 9.17) is 11.6 Å². The quantitative estimate of drug-likeness (QED) is 0.271. The molecule has 2 amide bonds. The van der Waals surface area contributed by atoms with Gasteiger partial charge in [0.25, 0.3) is 0 Å². The first kappa shape index (κ1) is 8.16. The van der Waals surface area contributed by atoms with Crippen LogP contribution in [0, 0.1) is 4.91 Å². The van der Waals surface area contributed by atoms with E-state index in [1.165, 1.54) is 7.05 Å². The molecule has 0 unspecified atom stereocenters. The van der Waals surface area contributed by atoms with Crippen molar-refractivity contribution in [2.24, 2.45) is 5.29 Å². The second-order valence-corrected chi connectivity index (χ2v) is 1.39. The van der Waals surface area contributed by atoms with Gasteiger partial charge in [0, 0.05) is 7.05 Å². The Hall–Kier alpha value is -0.840. The molecule has 0 rings (SSSR count). The Bertz CT molecular complexity index is 118. The van der Waals surface area contributed by atoms with Crippen LogP contribution in [-0.4, -0.2) is 24.1 Å². The highest BCUT2D eigenvalue weighted by molar-refractivity contribution is 6.18. The number of rotatable bonds is 2. The molecule has 0 aliphatic rings. The molecule has 1 N–H and O–H groups in total. The number of nitroso groups, excluding NO2 is 1. The Morgan fingerprint density at radius 1 is 1.89 bits per heavy atom. The predicted molar refractivity (Wildman–Crippen MR) is 32.8 cm³/mol. The van der Waals surface area contributed by atoms with Crippen molar-refractivity contribution < 1.29 is 4.79 Å². The third kappa shape index (κ3) is 2.27. The van der Waals surface area contributed by atoms with Gasteiger partial charge in [0.05, 0.1) is 5.29 Å². The van der Waals surface area contributed by atoms with Crippen molar-refractivity contribution in [1.82, 2.24) is 10.3 Å². The topological polar surface area (TPSA) is 61.8 Å². The first-order chi connectivity index (χ1) is 4.26. The number of halogens is 1. The van der Waals surface area contributed by atoms with Crippen LogP contribution in [0.2, 0.25) is 0 Å². The number of nitrogens with one attached hydrogen (secondary N) is 1. The standard InChI is InChI=1S/C3H6ClN3O2/c1-5-3(8)7(2-4)6-9/h2H2,1H3,(H,5,8). The molecule has 0 saturated heterocycles. The molecule has 0 atom stereocenters. The highest BCUT2D eigenvalue weighted by atomic mass is 35.5. The summed E-state index contributed by atoms with van der Waals surface area (Å²) >= 11 is 5.11. The van der Waals surface area contributed by atoms with Gasteiger partial charge in [-0.3, -0.25) is 0 Å². The van der Waals surface area contributed by atoms with Crippen molar-refractivity contribution in [1.29, 1.82) is 0 Å². The van der Waals surface area contributed by atoms with Gasteiger partial charge in [0.1, 0.15) is 6.00 Å². The Kier molecular flexibility index (Phi) is 3.70. The fourth-order valence-corrected chi connectivity index (χ4v) is 0.394. The molecule has 0 saturated carbocycles. The summed E-state index contributed by atoms with van der Waals surface area (Å²) in [5, 5.41) is 5.05. The first-order valence-electron chi connectivity index (χ1n) is 2.14. The third-order valence-electron chi connectivity index (χ3n) is 0.660. The number of carbonyl (C=O) groups excluding carboxylic acids is 1. The maximum Gasteiger partial charge on any atom is 0.341 e. The molecular formula is C3H6ClN3O2. The second-order valence-electron chi connectivity index (χ2n) is 1.16. The van der Waals surface area contributed by atoms with Crippen molar-refractivity contribution in [3.05, 3.63) is 4.91 Å². The number of carbonyl (C=O) groups is 1. The lowest BCUT2D eigenvalue weighted by Crippen LogP contribution is -2.32. The highest BCUT2D eigenvalue weighted by Gasteiger charge is 2.08. The monoisotopic (exact) mass is 151 g/mol. The fraction of sp³-hybridized carbons (Fsp3) is 0.667. The number of hydrogen-bond donors (Lipinski definition) is 1. The van der Waals surface area contributed by atoms with Gasteiger partial charge >= 0.3 is 6.03 Å². The van der Waals surface area contributed by atoms with E-state index in [1.54, 1.807) is 0 Å². The lowest BCUT2D eigenvalue weighted by atomic mass is 10.9. The molecule has 0 aromatic carbocycles. The second kappa shape index (κ2) is 4.08. The molecule has 6 heteroatoms. The fourth-order valence-electron chi connectivity index (χ4n) is 0.242. The van der Waals surface area contributed by atoms with Crippen molar-refractivity contribution in [3.8, 4) is 0 Å². The van der Waals surface area contributed by atoms with Gasteiger partial charge < -0.3 is 5.32 Å². The van der Waals surface area contributed by atoms with Gasteiger partial charge in [-0.15, -0.1) is 16.5 Å². The van der Waals surface area contributed by atoms with Gasteiger partial charge in [-0.2, -0.15) is 5.01 Å². The summed E-state index contributed by atoms with van der Waals surface area (Å²) in [5.41, 5.74) is 0. The smallest absolute Gasteiger partial charge is 0.339 e. The summed E-state index contributed by atoms with van der Waals surface area (Å²) in [6.07, 6.45) is 0. The molecule has 0 bridgehead atoms. The SMILES string of the molecule is CNC(=O)N(CCl)N=O. The van der Waals surface area contributed by atoms with Crippen LogP contribution in [0.1, 0.15) is 0 Å². The molecule has 0 aromatic rings. The number of urea groups is 1. The minimum atomic E-state index is -0.611. The third-order valence-corrected chi connectivity index (χ3v) is 0.886. The van der Waals surface area contributed by atoms with E-state index in [0.717, 1.165) is 0 Å². The predicted octanol–water partition coefficient (Wildman–Crippen LogP) is 0.506. The van der Waals surface area contributed by atoms with Crippen LogP contribution in [0.3, 0.4) is 0 Å². The Morgan fingerprint density at radius 3 is 2.56 bits per heavy atom. The van der Waals surface area contributed by atoms with Crippen LogP contribution >= 0.6 is 11.6 Å². The van der Waals surface area contributed by atoms with Crippen LogP contribution in [0.15, 0.2) is 5.29 Å². The molecule has 0 aliphatic heterocycles. The molecular weight excluding hydrogens is 146 g/mol. The number of amides is 2. The average molecular weight is 152 g/mol. The van der Waals surface area contributed by atoms with Crippen LogP contribution in [0.4, 0.5) is 4.79 Å². The summed E-state index contributed by atoms with van der Waals surface area (Å²) in [6, 6.07) is -0.844. The minimum absolute atomic E-state index is 0.233. The van der Waals surface area contributed by atoms with Crippen LogP contribution < -0.4 is 5.32 Å². The molecule has 0 spiro atoms. The van der Waals surface area contributed by atoms with Gasteiger partial charge in [-0.05, 0) is 0 Å². The summed E-state index contributed by atoms with van der Waals surface area (Å²) in [6.45, 7) is 0. The molecule has 9 heavy (non-hydrogen) atoms. The molecule has 52 valence electrons. The molecule has 0 heterocycles. The molecule has 0 fully saturated rings. The summed E-state index contributed by atoms with van der Waals surface area (Å²) in [4.78, 5) is 20.1. The Labute approximate surface area is 56.9 Å². The van der Waals surface area contributed by atoms with Crippen LogP contribution in [0.25, 0.3) is 0 Å². The van der Waals surface area contributed by atoms with Gasteiger partial charge in [-0.25, -0.2) is 4.79 Å². The van der Waals surface area contributed by atoms with Crippen molar-refractivity contribution in [2.75, 3.05) is 13.1 Å². The summed E-state index contributed by atoms with van der Waals surface area (Å²) in [7, 11) is 1.38. The van der Waals surface area contributed by atoms with Gasteiger partial charge in [0.2, 0.25) is 0 Å². The van der Waals surface area contributed by atoms with E-state index in [1.807, 2.05) is 0 Å². The summed E-state index contributed by atoms with van der Waals surface area (Å²) in [5.74, 6) is 0. The van der Waals surface area contributed by atoms with E-state index in [2.05, 4.69) is 10.6 Å². The maximum atomic E-state index is 10.4. The van der Waals surface area contributed by atoms with E-state index < -0.39 is 6.03 Å². The zero-order valence-electron chi connectivity index (χ0n) is 4.80. The molecule has 0 aliphatic carbocycles. The van der Waals surface area contributed by atoms with E-state index >= 15 is 0 Å². The largest absolute Gasteiger partial charge is 0.341 e. The lowest BCUT2D eigenvalue weighted by Gasteiger charge is -2.06. The highest BCUT2D eigenvalue weighted by Crippen LogP contribution is 1.90. The minimum Gasteiger partial charge on any atom is -0.339 e. The average Bonchev–Trinajstić information content (AvgIpc) is 1.90. The molecule has 0 aromatic heterocycles. The summed E-state index contributed by atoms with van der Waals surface area (Å²) < 4.78 is 0. The van der Waals surface area contributed by atoms with Crippen molar-refractivity contribution >= 4 is 17.6 Å². The number of nitrogens with zero attached hydrogens (tertiary/aromatic N) is 2. The normalized spacial score (nSPS) is 8.22. The van der Waals surface area contributed by atoms with Crippen molar-refractivity contribution in [3.63, 3.8) is 0 Å². The van der Waals surface area contributed by atoms with Gasteiger partial charge in [0.15, 0.2) is 0 Å². The van der Waals surface area contributed by atoms with Gasteiger partial charge in [-0.1, -0.05) is 0 Å². The number of alkyl halides is 1. The van der Waals surface area contributed by atoms with E-state index in [-0.39, 0.29) is 6.00 Å².